The Labute approximate surface area is 657 Å². The van der Waals surface area contributed by atoms with Gasteiger partial charge in [-0.2, -0.15) is 0 Å². The van der Waals surface area contributed by atoms with E-state index in [1.807, 2.05) is 166 Å². The van der Waals surface area contributed by atoms with E-state index in [9.17, 15) is 39.9 Å². The number of esters is 3. The first-order valence-electron chi connectivity index (χ1n) is 39.3. The van der Waals surface area contributed by atoms with E-state index in [-0.39, 0.29) is 35.2 Å². The molecule has 1 heterocycles. The third-order valence-electron chi connectivity index (χ3n) is 17.3. The molecule has 2 aliphatic carbocycles. The summed E-state index contributed by atoms with van der Waals surface area (Å²) in [6.07, 6.45) is 8.54. The van der Waals surface area contributed by atoms with Crippen molar-refractivity contribution in [2.75, 3.05) is 6.61 Å². The van der Waals surface area contributed by atoms with E-state index in [0.717, 1.165) is 81.8 Å². The molecule has 0 bridgehead atoms. The molecule has 0 amide bonds. The number of fused-ring (bicyclic) bond motifs is 5. The van der Waals surface area contributed by atoms with Crippen molar-refractivity contribution in [3.63, 3.8) is 0 Å². The minimum absolute atomic E-state index is 0.136. The average molecular weight is 1490 g/mol. The van der Waals surface area contributed by atoms with E-state index < -0.39 is 28.9 Å². The number of aryl methyl sites for hydroxylation is 1. The second kappa shape index (κ2) is 49.0. The Morgan fingerprint density at radius 3 is 1.21 bits per heavy atom. The van der Waals surface area contributed by atoms with E-state index in [0.29, 0.717) is 28.5 Å². The van der Waals surface area contributed by atoms with Crippen molar-refractivity contribution in [1.29, 1.82) is 0 Å². The Kier molecular flexibility index (Phi) is 41.5. The van der Waals surface area contributed by atoms with Gasteiger partial charge in [-0.1, -0.05) is 313 Å². The van der Waals surface area contributed by atoms with Crippen LogP contribution in [-0.4, -0.2) is 60.8 Å². The number of hydrogen-bond donors (Lipinski definition) is 6. The topological polar surface area (TPSA) is 200 Å². The van der Waals surface area contributed by atoms with Gasteiger partial charge in [0.15, 0.2) is 12.2 Å². The maximum absolute atomic E-state index is 12.4. The summed E-state index contributed by atoms with van der Waals surface area (Å²) < 4.78 is 16.5. The normalized spacial score (nSPS) is 12.4. The highest BCUT2D eigenvalue weighted by Crippen LogP contribution is 2.56. The molecular weight excluding hydrogens is 1370 g/mol. The Bertz CT molecular complexity index is 4250. The lowest BCUT2D eigenvalue weighted by Gasteiger charge is -2.33. The molecule has 14 rings (SSSR count). The van der Waals surface area contributed by atoms with Crippen LogP contribution in [0.2, 0.25) is 0 Å². The number of hydrogen-bond acceptors (Lipinski definition) is 12. The molecule has 586 valence electrons. The van der Waals surface area contributed by atoms with E-state index in [2.05, 4.69) is 104 Å². The van der Waals surface area contributed by atoms with Crippen molar-refractivity contribution in [3.8, 4) is 45.6 Å². The number of carbonyl (C=O) groups excluding carboxylic acids is 3. The zero-order valence-electron chi connectivity index (χ0n) is 68.4. The van der Waals surface area contributed by atoms with Crippen LogP contribution in [0.15, 0.2) is 261 Å². The molecule has 11 aromatic carbocycles. The van der Waals surface area contributed by atoms with Crippen molar-refractivity contribution in [2.24, 2.45) is 0 Å². The smallest absolute Gasteiger partial charge is 0.344 e. The van der Waals surface area contributed by atoms with Crippen molar-refractivity contribution in [3.05, 3.63) is 322 Å². The first kappa shape index (κ1) is 93.1. The maximum Gasteiger partial charge on any atom is 0.344 e. The number of cyclic esters (lactones) is 1. The van der Waals surface area contributed by atoms with Gasteiger partial charge in [0.25, 0.3) is 0 Å². The number of phenols is 6. The monoisotopic (exact) mass is 1490 g/mol. The summed E-state index contributed by atoms with van der Waals surface area (Å²) in [5.41, 5.74) is 10.5. The molecule has 12 heteroatoms. The molecule has 11 aromatic rings. The predicted octanol–water partition coefficient (Wildman–Crippen LogP) is 25.9. The zero-order valence-corrected chi connectivity index (χ0v) is 68.4. The maximum atomic E-state index is 12.4. The Morgan fingerprint density at radius 2 is 0.809 bits per heavy atom. The standard InChI is InChI=1S/C25H18O2.C20H14O4.C19H26O4.C10H8O.C7H8O.3C3H8.4C2H6/c26-19-13-9-17(10-14-19)25(18-11-15-20(27)16-12-18)23-7-3-1-5-21(23)22-6-2-4-8-24(22)25;21-15-9-5-13(6-10-15)20(14-7-11-16(22)12-8-14)18-4-2-1-3-17(18)19(23)24-20;1-4-19(11-5-6-12-19)23-17(20)13-22-18(21)16-9-7-15(8-10-16)14(2)3;11-10-7-3-5-8-4-1-2-6-9(8)10;1-6-3-2-4-7(8)5-6;3*1-3-2;4*1-2/h1-16,26-27H;1-12,21-22H;7-10,14H,4-6,11-13H2,1-3H3;1-7,11H;2-5,8H,1H3;3*3H2,1-2H3;4*1-2H3. The summed E-state index contributed by atoms with van der Waals surface area (Å²) in [5.74, 6) is 0.523. The van der Waals surface area contributed by atoms with Crippen LogP contribution < -0.4 is 0 Å². The summed E-state index contributed by atoms with van der Waals surface area (Å²) in [7, 11) is 0. The van der Waals surface area contributed by atoms with Gasteiger partial charge in [-0.25, -0.2) is 14.4 Å². The molecule has 0 radical (unpaired) electrons. The molecule has 1 fully saturated rings. The van der Waals surface area contributed by atoms with Gasteiger partial charge in [-0.3, -0.25) is 0 Å². The highest BCUT2D eigenvalue weighted by Gasteiger charge is 2.49. The van der Waals surface area contributed by atoms with Gasteiger partial charge in [0, 0.05) is 22.1 Å². The Hall–Kier alpha value is -11.1. The number of aromatic hydroxyl groups is 6. The van der Waals surface area contributed by atoms with Gasteiger partial charge in [-0.05, 0) is 180 Å². The number of carbonyl (C=O) groups is 3. The molecule has 0 saturated heterocycles. The molecule has 0 unspecified atom stereocenters. The lowest BCUT2D eigenvalue weighted by Crippen LogP contribution is -2.33. The van der Waals surface area contributed by atoms with Crippen LogP contribution in [0, 0.1) is 6.92 Å². The lowest BCUT2D eigenvalue weighted by atomic mass is 9.68. The number of benzene rings is 11. The fraction of sp³-hybridized carbons (Fsp3) is 0.316. The van der Waals surface area contributed by atoms with E-state index in [1.54, 1.807) is 115 Å². The molecule has 0 aromatic heterocycles. The molecule has 110 heavy (non-hydrogen) atoms. The minimum Gasteiger partial charge on any atom is -0.508 e. The summed E-state index contributed by atoms with van der Waals surface area (Å²) in [5, 5.41) is 59.1. The Balaban J connectivity index is 0.000000352. The van der Waals surface area contributed by atoms with Crippen LogP contribution in [0.1, 0.15) is 246 Å². The minimum atomic E-state index is -1.10. The van der Waals surface area contributed by atoms with Gasteiger partial charge >= 0.3 is 17.9 Å². The summed E-state index contributed by atoms with van der Waals surface area (Å²) in [6, 6.07) is 80.0. The van der Waals surface area contributed by atoms with Crippen LogP contribution in [0.25, 0.3) is 21.9 Å². The zero-order chi connectivity index (χ0) is 81.8. The van der Waals surface area contributed by atoms with Gasteiger partial charge in [-0.15, -0.1) is 0 Å². The third-order valence-corrected chi connectivity index (χ3v) is 17.3. The molecule has 1 saturated carbocycles. The molecular formula is C98H122O12. The second-order valence-corrected chi connectivity index (χ2v) is 25.7. The second-order valence-electron chi connectivity index (χ2n) is 25.7. The first-order valence-corrected chi connectivity index (χ1v) is 39.3. The quantitative estimate of drug-likeness (QED) is 0.0560. The molecule has 6 N–H and O–H groups in total. The summed E-state index contributed by atoms with van der Waals surface area (Å²) >= 11 is 0. The first-order chi connectivity index (χ1) is 53.2. The molecule has 1 aliphatic heterocycles. The SMILES string of the molecule is CC.CC.CC.CC.CCC.CCC.CCC.CCC1(OC(=O)COC(=O)c2ccc(C(C)C)cc2)CCCC1.Cc1cccc(O)c1.O=C1OC(c2ccc(O)cc2)(c2ccc(O)cc2)c2ccccc21.Oc1ccc(C2(c3ccc(O)cc3)c3ccccc3-c3ccccc32)cc1.Oc1cccc2ccccc12. The van der Waals surface area contributed by atoms with Crippen LogP contribution in [0.4, 0.5) is 0 Å². The molecule has 3 aliphatic rings. The lowest BCUT2D eigenvalue weighted by molar-refractivity contribution is -0.163. The van der Waals surface area contributed by atoms with Crippen molar-refractivity contribution in [1.82, 2.24) is 0 Å². The number of ether oxygens (including phenoxy) is 3. The van der Waals surface area contributed by atoms with E-state index in [1.165, 1.54) is 41.5 Å². The number of phenolic OH excluding ortho intramolecular Hbond substituents is 6. The summed E-state index contributed by atoms with van der Waals surface area (Å²) in [4.78, 5) is 36.4. The summed E-state index contributed by atoms with van der Waals surface area (Å²) in [6.45, 7) is 36.6. The Morgan fingerprint density at radius 1 is 0.427 bits per heavy atom. The van der Waals surface area contributed by atoms with Crippen molar-refractivity contribution >= 4 is 28.7 Å². The van der Waals surface area contributed by atoms with Crippen molar-refractivity contribution < 1.29 is 59.2 Å². The molecule has 0 spiro atoms. The molecule has 0 atom stereocenters. The fourth-order valence-electron chi connectivity index (χ4n) is 12.5. The average Bonchev–Trinajstić information content (AvgIpc) is 1.54. The van der Waals surface area contributed by atoms with Crippen molar-refractivity contribution in [2.45, 2.75) is 199 Å². The van der Waals surface area contributed by atoms with Crippen LogP contribution in [-0.2, 0) is 30.0 Å². The van der Waals surface area contributed by atoms with Gasteiger partial charge in [0.1, 0.15) is 40.1 Å². The van der Waals surface area contributed by atoms with Crippen LogP contribution in [0.5, 0.6) is 34.5 Å². The van der Waals surface area contributed by atoms with Gasteiger partial charge < -0.3 is 44.8 Å². The third kappa shape index (κ3) is 25.2. The fourth-order valence-corrected chi connectivity index (χ4v) is 12.5. The predicted molar refractivity (Wildman–Crippen MR) is 455 cm³/mol. The van der Waals surface area contributed by atoms with E-state index in [4.69, 9.17) is 19.3 Å². The number of rotatable bonds is 10. The van der Waals surface area contributed by atoms with Gasteiger partial charge in [0.05, 0.1) is 16.5 Å². The van der Waals surface area contributed by atoms with Gasteiger partial charge in [0.2, 0.25) is 0 Å². The van der Waals surface area contributed by atoms with E-state index >= 15 is 0 Å². The highest BCUT2D eigenvalue weighted by atomic mass is 16.6. The van der Waals surface area contributed by atoms with Crippen LogP contribution in [0.3, 0.4) is 0 Å². The highest BCUT2D eigenvalue weighted by molar-refractivity contribution is 5.96. The van der Waals surface area contributed by atoms with Crippen LogP contribution >= 0.6 is 0 Å². The molecule has 12 nitrogen and oxygen atoms in total. The largest absolute Gasteiger partial charge is 0.508 e.